The lowest BCUT2D eigenvalue weighted by Crippen LogP contribution is -2.28. The number of hydrogen-bond donors (Lipinski definition) is 1. The summed E-state index contributed by atoms with van der Waals surface area (Å²) in [5.41, 5.74) is 2.30. The number of ketones is 1. The highest BCUT2D eigenvalue weighted by Crippen LogP contribution is 2.19. The molecule has 3 nitrogen and oxygen atoms in total. The van der Waals surface area contributed by atoms with E-state index in [0.29, 0.717) is 0 Å². The van der Waals surface area contributed by atoms with Crippen LogP contribution < -0.4 is 5.32 Å². The first-order valence-corrected chi connectivity index (χ1v) is 8.76. The molecule has 1 amide bonds. The molecule has 1 aromatic carbocycles. The molecule has 2 rings (SSSR count). The largest absolute Gasteiger partial charge is 0.349 e. The Balaban J connectivity index is 1.87. The van der Waals surface area contributed by atoms with Crippen LogP contribution >= 0.6 is 11.3 Å². The van der Waals surface area contributed by atoms with E-state index in [0.717, 1.165) is 21.7 Å². The normalized spacial score (nSPS) is 12.0. The van der Waals surface area contributed by atoms with Gasteiger partial charge in [0.2, 0.25) is 5.91 Å². The van der Waals surface area contributed by atoms with Gasteiger partial charge in [-0.05, 0) is 38.0 Å². The highest BCUT2D eigenvalue weighted by atomic mass is 32.1. The molecule has 0 aliphatic heterocycles. The summed E-state index contributed by atoms with van der Waals surface area (Å²) in [7, 11) is 0. The summed E-state index contributed by atoms with van der Waals surface area (Å²) in [4.78, 5) is 26.0. The molecular formula is C19H23NO2S. The van der Waals surface area contributed by atoms with Crippen LogP contribution in [0.2, 0.25) is 0 Å². The summed E-state index contributed by atoms with van der Waals surface area (Å²) in [6, 6.07) is 12.0. The van der Waals surface area contributed by atoms with Crippen LogP contribution in [0.1, 0.15) is 57.9 Å². The predicted molar refractivity (Wildman–Crippen MR) is 95.0 cm³/mol. The Morgan fingerprint density at radius 3 is 2.30 bits per heavy atom. The molecule has 122 valence electrons. The van der Waals surface area contributed by atoms with Crippen molar-refractivity contribution in [3.05, 3.63) is 57.3 Å². The number of benzene rings is 1. The van der Waals surface area contributed by atoms with E-state index in [1.807, 2.05) is 57.2 Å². The predicted octanol–water partition coefficient (Wildman–Crippen LogP) is 4.60. The van der Waals surface area contributed by atoms with Gasteiger partial charge in [0.05, 0.1) is 10.9 Å². The molecule has 23 heavy (non-hydrogen) atoms. The molecule has 1 N–H and O–H groups in total. The van der Waals surface area contributed by atoms with Gasteiger partial charge < -0.3 is 5.32 Å². The Morgan fingerprint density at radius 1 is 1.04 bits per heavy atom. The third kappa shape index (κ3) is 5.03. The fourth-order valence-corrected chi connectivity index (χ4v) is 3.26. The van der Waals surface area contributed by atoms with Gasteiger partial charge in [-0.2, -0.15) is 0 Å². The standard InChI is InChI=1S/C19H23NO2S/c1-4-16(15-8-5-13(2)6-9-15)20-19(22)12-10-17(21)18-11-7-14(3)23-18/h5-9,11,16H,4,10,12H2,1-3H3,(H,20,22). The summed E-state index contributed by atoms with van der Waals surface area (Å²) in [6.07, 6.45) is 1.32. The van der Waals surface area contributed by atoms with E-state index in [9.17, 15) is 9.59 Å². The van der Waals surface area contributed by atoms with Gasteiger partial charge >= 0.3 is 0 Å². The van der Waals surface area contributed by atoms with Gasteiger partial charge in [-0.25, -0.2) is 0 Å². The molecule has 0 spiro atoms. The molecule has 2 aromatic rings. The van der Waals surface area contributed by atoms with E-state index in [2.05, 4.69) is 5.32 Å². The SMILES string of the molecule is CCC(NC(=O)CCC(=O)c1ccc(C)s1)c1ccc(C)cc1. The molecule has 0 saturated carbocycles. The van der Waals surface area contributed by atoms with Crippen molar-refractivity contribution in [3.8, 4) is 0 Å². The summed E-state index contributed by atoms with van der Waals surface area (Å²) in [5, 5.41) is 3.03. The van der Waals surface area contributed by atoms with Crippen LogP contribution in [0.4, 0.5) is 0 Å². The van der Waals surface area contributed by atoms with Crippen LogP contribution in [0.25, 0.3) is 0 Å². The smallest absolute Gasteiger partial charge is 0.220 e. The van der Waals surface area contributed by atoms with Crippen molar-refractivity contribution < 1.29 is 9.59 Å². The number of aryl methyl sites for hydroxylation is 2. The van der Waals surface area contributed by atoms with E-state index < -0.39 is 0 Å². The summed E-state index contributed by atoms with van der Waals surface area (Å²) in [5.74, 6) is -0.0271. The lowest BCUT2D eigenvalue weighted by atomic mass is 10.0. The number of carbonyl (C=O) groups excluding carboxylic acids is 2. The summed E-state index contributed by atoms with van der Waals surface area (Å²) in [6.45, 7) is 6.06. The van der Waals surface area contributed by atoms with Crippen molar-refractivity contribution in [3.63, 3.8) is 0 Å². The molecule has 1 aromatic heterocycles. The van der Waals surface area contributed by atoms with Gasteiger partial charge in [-0.15, -0.1) is 11.3 Å². The van der Waals surface area contributed by atoms with E-state index in [1.165, 1.54) is 16.9 Å². The van der Waals surface area contributed by atoms with Crippen molar-refractivity contribution >= 4 is 23.0 Å². The van der Waals surface area contributed by atoms with Crippen LogP contribution in [0, 0.1) is 13.8 Å². The lowest BCUT2D eigenvalue weighted by molar-refractivity contribution is -0.121. The third-order valence-corrected chi connectivity index (χ3v) is 4.86. The molecule has 1 heterocycles. The fourth-order valence-electron chi connectivity index (χ4n) is 2.42. The molecule has 0 bridgehead atoms. The summed E-state index contributed by atoms with van der Waals surface area (Å²) >= 11 is 1.48. The van der Waals surface area contributed by atoms with Crippen LogP contribution in [0.5, 0.6) is 0 Å². The van der Waals surface area contributed by atoms with Crippen LogP contribution in [-0.4, -0.2) is 11.7 Å². The quantitative estimate of drug-likeness (QED) is 0.755. The van der Waals surface area contributed by atoms with E-state index in [-0.39, 0.29) is 30.6 Å². The second-order valence-corrected chi connectivity index (χ2v) is 7.06. The second-order valence-electron chi connectivity index (χ2n) is 5.77. The average Bonchev–Trinajstić information content (AvgIpc) is 2.98. The maximum absolute atomic E-state index is 12.1. The van der Waals surface area contributed by atoms with Gasteiger partial charge in [0.25, 0.3) is 0 Å². The lowest BCUT2D eigenvalue weighted by Gasteiger charge is -2.17. The zero-order chi connectivity index (χ0) is 16.8. The highest BCUT2D eigenvalue weighted by Gasteiger charge is 2.15. The third-order valence-electron chi connectivity index (χ3n) is 3.82. The van der Waals surface area contributed by atoms with E-state index in [4.69, 9.17) is 0 Å². The Kier molecular flexibility index (Phi) is 6.11. The monoisotopic (exact) mass is 329 g/mol. The zero-order valence-electron chi connectivity index (χ0n) is 13.9. The first-order chi connectivity index (χ1) is 11.0. The maximum Gasteiger partial charge on any atom is 0.220 e. The summed E-state index contributed by atoms with van der Waals surface area (Å²) < 4.78 is 0. The number of Topliss-reactive ketones (excluding diaryl/α,β-unsaturated/α-hetero) is 1. The van der Waals surface area contributed by atoms with Crippen molar-refractivity contribution in [2.24, 2.45) is 0 Å². The van der Waals surface area contributed by atoms with E-state index >= 15 is 0 Å². The molecule has 1 unspecified atom stereocenters. The number of amides is 1. The Morgan fingerprint density at radius 2 is 1.74 bits per heavy atom. The van der Waals surface area contributed by atoms with Gasteiger partial charge in [-0.3, -0.25) is 9.59 Å². The van der Waals surface area contributed by atoms with Gasteiger partial charge in [0, 0.05) is 17.7 Å². The number of rotatable bonds is 7. The number of carbonyl (C=O) groups is 2. The van der Waals surface area contributed by atoms with Crippen molar-refractivity contribution in [1.29, 1.82) is 0 Å². The first-order valence-electron chi connectivity index (χ1n) is 7.95. The van der Waals surface area contributed by atoms with Gasteiger partial charge in [0.15, 0.2) is 5.78 Å². The Bertz CT molecular complexity index is 673. The molecule has 0 saturated heterocycles. The first kappa shape index (κ1) is 17.4. The number of hydrogen-bond acceptors (Lipinski definition) is 3. The molecule has 0 fully saturated rings. The minimum Gasteiger partial charge on any atom is -0.349 e. The molecule has 0 aliphatic rings. The topological polar surface area (TPSA) is 46.2 Å². The van der Waals surface area contributed by atoms with Gasteiger partial charge in [-0.1, -0.05) is 36.8 Å². The number of nitrogens with one attached hydrogen (secondary N) is 1. The van der Waals surface area contributed by atoms with Crippen molar-refractivity contribution in [1.82, 2.24) is 5.32 Å². The zero-order valence-corrected chi connectivity index (χ0v) is 14.7. The van der Waals surface area contributed by atoms with Crippen molar-refractivity contribution in [2.45, 2.75) is 46.1 Å². The second kappa shape index (κ2) is 8.06. The molecule has 0 aliphatic carbocycles. The highest BCUT2D eigenvalue weighted by molar-refractivity contribution is 7.14. The average molecular weight is 329 g/mol. The minimum absolute atomic E-state index is 0.00202. The Labute approximate surface area is 141 Å². The maximum atomic E-state index is 12.1. The van der Waals surface area contributed by atoms with Crippen LogP contribution in [0.15, 0.2) is 36.4 Å². The Hall–Kier alpha value is -1.94. The fraction of sp³-hybridized carbons (Fsp3) is 0.368. The molecular weight excluding hydrogens is 306 g/mol. The number of thiophene rings is 1. The van der Waals surface area contributed by atoms with Gasteiger partial charge in [0.1, 0.15) is 0 Å². The minimum atomic E-state index is -0.0703. The molecule has 1 atom stereocenters. The molecule has 4 heteroatoms. The van der Waals surface area contributed by atoms with Crippen LogP contribution in [0.3, 0.4) is 0 Å². The van der Waals surface area contributed by atoms with E-state index in [1.54, 1.807) is 0 Å². The van der Waals surface area contributed by atoms with Crippen molar-refractivity contribution in [2.75, 3.05) is 0 Å². The molecule has 0 radical (unpaired) electrons. The van der Waals surface area contributed by atoms with Crippen LogP contribution in [-0.2, 0) is 4.79 Å².